The predicted octanol–water partition coefficient (Wildman–Crippen LogP) is 3.85. The van der Waals surface area contributed by atoms with E-state index >= 15 is 0 Å². The fourth-order valence-electron chi connectivity index (χ4n) is 2.27. The number of nitrogens with zero attached hydrogens (tertiary/aromatic N) is 3. The maximum Gasteiger partial charge on any atom is 0.234 e. The quantitative estimate of drug-likeness (QED) is 0.514. The molecule has 132 valence electrons. The Kier molecular flexibility index (Phi) is 5.70. The molecule has 6 nitrogen and oxygen atoms in total. The van der Waals surface area contributed by atoms with Crippen molar-refractivity contribution in [1.82, 2.24) is 14.8 Å². The number of hydrogen-bond donors (Lipinski definition) is 1. The van der Waals surface area contributed by atoms with Crippen LogP contribution in [-0.2, 0) is 4.79 Å². The third-order valence-electron chi connectivity index (χ3n) is 3.49. The molecule has 2 aromatic carbocycles. The Morgan fingerprint density at radius 2 is 2.00 bits per heavy atom. The number of hydrogen-bond acceptors (Lipinski definition) is 5. The lowest BCUT2D eigenvalue weighted by atomic mass is 10.1. The van der Waals surface area contributed by atoms with E-state index in [0.717, 1.165) is 5.69 Å². The number of carbonyl (C=O) groups is 2. The summed E-state index contributed by atoms with van der Waals surface area (Å²) in [5, 5.41) is 11.9. The number of aromatic nitrogens is 3. The molecule has 0 unspecified atom stereocenters. The maximum absolute atomic E-state index is 12.2. The van der Waals surface area contributed by atoms with Crippen LogP contribution in [0.25, 0.3) is 5.69 Å². The van der Waals surface area contributed by atoms with Crippen LogP contribution in [0.5, 0.6) is 0 Å². The molecule has 0 aliphatic carbocycles. The summed E-state index contributed by atoms with van der Waals surface area (Å²) >= 11 is 7.28. The Hall–Kier alpha value is -2.64. The lowest BCUT2D eigenvalue weighted by molar-refractivity contribution is -0.113. The van der Waals surface area contributed by atoms with Crippen LogP contribution < -0.4 is 5.32 Å². The Morgan fingerprint density at radius 1 is 1.19 bits per heavy atom. The van der Waals surface area contributed by atoms with E-state index in [0.29, 0.717) is 21.4 Å². The number of nitrogens with one attached hydrogen (secondary N) is 1. The van der Waals surface area contributed by atoms with Gasteiger partial charge < -0.3 is 5.32 Å². The molecular formula is C18H15ClN4O2S. The van der Waals surface area contributed by atoms with Crippen molar-refractivity contribution in [2.75, 3.05) is 11.1 Å². The highest BCUT2D eigenvalue weighted by molar-refractivity contribution is 7.99. The second-order valence-electron chi connectivity index (χ2n) is 5.44. The SMILES string of the molecule is CC(=O)c1cccc(NC(=O)CSc2nncn2-c2cccc(Cl)c2)c1. The zero-order valence-electron chi connectivity index (χ0n) is 13.8. The van der Waals surface area contributed by atoms with Crippen molar-refractivity contribution < 1.29 is 9.59 Å². The lowest BCUT2D eigenvalue weighted by Crippen LogP contribution is -2.14. The number of rotatable bonds is 6. The molecule has 3 rings (SSSR count). The minimum Gasteiger partial charge on any atom is -0.325 e. The van der Waals surface area contributed by atoms with Gasteiger partial charge in [0.05, 0.1) is 11.4 Å². The third-order valence-corrected chi connectivity index (χ3v) is 4.67. The molecule has 1 heterocycles. The average molecular weight is 387 g/mol. The van der Waals surface area contributed by atoms with E-state index in [1.165, 1.54) is 18.7 Å². The summed E-state index contributed by atoms with van der Waals surface area (Å²) in [6.45, 7) is 1.49. The number of ketones is 1. The second kappa shape index (κ2) is 8.16. The number of carbonyl (C=O) groups excluding carboxylic acids is 2. The maximum atomic E-state index is 12.2. The highest BCUT2D eigenvalue weighted by Crippen LogP contribution is 2.22. The molecule has 1 aromatic heterocycles. The minimum atomic E-state index is -0.198. The standard InChI is InChI=1S/C18H15ClN4O2S/c1-12(24)13-4-2-6-15(8-13)21-17(25)10-26-18-22-20-11-23(18)16-7-3-5-14(19)9-16/h2-9,11H,10H2,1H3,(H,21,25). The summed E-state index contributed by atoms with van der Waals surface area (Å²) in [5.41, 5.74) is 1.95. The van der Waals surface area contributed by atoms with Crippen molar-refractivity contribution in [3.63, 3.8) is 0 Å². The van der Waals surface area contributed by atoms with Crippen molar-refractivity contribution in [3.05, 3.63) is 65.4 Å². The first kappa shape index (κ1) is 18.2. The molecule has 1 amide bonds. The number of halogens is 1. The van der Waals surface area contributed by atoms with Crippen LogP contribution in [0.1, 0.15) is 17.3 Å². The van der Waals surface area contributed by atoms with Gasteiger partial charge >= 0.3 is 0 Å². The van der Waals surface area contributed by atoms with Crippen LogP contribution in [0.2, 0.25) is 5.02 Å². The summed E-state index contributed by atoms with van der Waals surface area (Å²) in [7, 11) is 0. The fourth-order valence-corrected chi connectivity index (χ4v) is 3.18. The summed E-state index contributed by atoms with van der Waals surface area (Å²) in [6.07, 6.45) is 1.57. The molecule has 0 saturated carbocycles. The Labute approximate surface area is 159 Å². The number of anilines is 1. The first-order chi connectivity index (χ1) is 12.5. The van der Waals surface area contributed by atoms with Gasteiger partial charge in [-0.15, -0.1) is 10.2 Å². The van der Waals surface area contributed by atoms with E-state index in [4.69, 9.17) is 11.6 Å². The molecule has 0 bridgehead atoms. The van der Waals surface area contributed by atoms with Crippen molar-refractivity contribution in [1.29, 1.82) is 0 Å². The molecule has 26 heavy (non-hydrogen) atoms. The molecule has 8 heteroatoms. The lowest BCUT2D eigenvalue weighted by Gasteiger charge is -2.08. The summed E-state index contributed by atoms with van der Waals surface area (Å²) < 4.78 is 1.76. The van der Waals surface area contributed by atoms with E-state index < -0.39 is 0 Å². The highest BCUT2D eigenvalue weighted by atomic mass is 35.5. The predicted molar refractivity (Wildman–Crippen MR) is 102 cm³/mol. The summed E-state index contributed by atoms with van der Waals surface area (Å²) in [4.78, 5) is 23.6. The molecule has 0 aliphatic heterocycles. The Bertz CT molecular complexity index is 958. The molecule has 0 fully saturated rings. The van der Waals surface area contributed by atoms with Crippen LogP contribution in [0, 0.1) is 0 Å². The monoisotopic (exact) mass is 386 g/mol. The van der Waals surface area contributed by atoms with Gasteiger partial charge in [0.15, 0.2) is 10.9 Å². The molecule has 0 aliphatic rings. The zero-order valence-corrected chi connectivity index (χ0v) is 15.4. The molecule has 3 aromatic rings. The van der Waals surface area contributed by atoms with E-state index in [1.807, 2.05) is 12.1 Å². The first-order valence-electron chi connectivity index (χ1n) is 7.72. The topological polar surface area (TPSA) is 76.9 Å². The molecular weight excluding hydrogens is 372 g/mol. The van der Waals surface area contributed by atoms with Crippen molar-refractivity contribution in [3.8, 4) is 5.69 Å². The fraction of sp³-hybridized carbons (Fsp3) is 0.111. The van der Waals surface area contributed by atoms with Gasteiger partial charge in [0.25, 0.3) is 0 Å². The number of benzene rings is 2. The van der Waals surface area contributed by atoms with Crippen LogP contribution in [0.3, 0.4) is 0 Å². The van der Waals surface area contributed by atoms with Gasteiger partial charge in [-0.2, -0.15) is 0 Å². The molecule has 0 spiro atoms. The van der Waals surface area contributed by atoms with E-state index in [9.17, 15) is 9.59 Å². The Morgan fingerprint density at radius 3 is 2.77 bits per heavy atom. The van der Waals surface area contributed by atoms with Gasteiger partial charge in [-0.1, -0.05) is 41.6 Å². The largest absolute Gasteiger partial charge is 0.325 e. The Balaban J connectivity index is 1.65. The summed E-state index contributed by atoms with van der Waals surface area (Å²) in [6, 6.07) is 14.1. The molecule has 0 saturated heterocycles. The van der Waals surface area contributed by atoms with Crippen LogP contribution in [-0.4, -0.2) is 32.2 Å². The smallest absolute Gasteiger partial charge is 0.234 e. The van der Waals surface area contributed by atoms with Gasteiger partial charge in [-0.05, 0) is 37.3 Å². The van der Waals surface area contributed by atoms with Crippen molar-refractivity contribution >= 4 is 40.7 Å². The number of amides is 1. The van der Waals surface area contributed by atoms with Gasteiger partial charge in [0.2, 0.25) is 5.91 Å². The average Bonchev–Trinajstić information content (AvgIpc) is 3.09. The van der Waals surface area contributed by atoms with Gasteiger partial charge in [0.1, 0.15) is 6.33 Å². The van der Waals surface area contributed by atoms with Gasteiger partial charge in [-0.3, -0.25) is 14.2 Å². The third kappa shape index (κ3) is 4.50. The highest BCUT2D eigenvalue weighted by Gasteiger charge is 2.11. The number of thioether (sulfide) groups is 1. The van der Waals surface area contributed by atoms with Crippen molar-refractivity contribution in [2.45, 2.75) is 12.1 Å². The molecule has 1 N–H and O–H groups in total. The normalized spacial score (nSPS) is 10.5. The van der Waals surface area contributed by atoms with Crippen LogP contribution >= 0.6 is 23.4 Å². The summed E-state index contributed by atoms with van der Waals surface area (Å²) in [5.74, 6) is -0.0924. The van der Waals surface area contributed by atoms with E-state index in [1.54, 1.807) is 47.3 Å². The second-order valence-corrected chi connectivity index (χ2v) is 6.82. The molecule has 0 radical (unpaired) electrons. The van der Waals surface area contributed by atoms with Gasteiger partial charge in [-0.25, -0.2) is 0 Å². The van der Waals surface area contributed by atoms with E-state index in [-0.39, 0.29) is 17.4 Å². The minimum absolute atomic E-state index is 0.0508. The molecule has 0 atom stereocenters. The number of Topliss-reactive ketones (excluding diaryl/α,β-unsaturated/α-hetero) is 1. The van der Waals surface area contributed by atoms with Crippen molar-refractivity contribution in [2.24, 2.45) is 0 Å². The van der Waals surface area contributed by atoms with E-state index in [2.05, 4.69) is 15.5 Å². The first-order valence-corrected chi connectivity index (χ1v) is 9.09. The van der Waals surface area contributed by atoms with Crippen LogP contribution in [0.4, 0.5) is 5.69 Å². The van der Waals surface area contributed by atoms with Crippen LogP contribution in [0.15, 0.2) is 60.0 Å². The zero-order chi connectivity index (χ0) is 18.5. The van der Waals surface area contributed by atoms with Gasteiger partial charge in [0, 0.05) is 16.3 Å².